The minimum absolute atomic E-state index is 0.279. The number of aryl methyl sites for hydroxylation is 1. The van der Waals surface area contributed by atoms with E-state index in [1.165, 1.54) is 6.92 Å². The molecular weight excluding hydrogens is 294 g/mol. The quantitative estimate of drug-likeness (QED) is 0.846. The molecule has 1 amide bonds. The molecule has 6 heteroatoms. The van der Waals surface area contributed by atoms with E-state index < -0.39 is 23.5 Å². The zero-order chi connectivity index (χ0) is 16.2. The fraction of sp³-hybridized carbons (Fsp3) is 0.467. The summed E-state index contributed by atoms with van der Waals surface area (Å²) in [5.41, 5.74) is -0.498. The average molecular weight is 314 g/mol. The highest BCUT2D eigenvalue weighted by molar-refractivity contribution is 6.30. The van der Waals surface area contributed by atoms with Gasteiger partial charge in [-0.2, -0.15) is 0 Å². The van der Waals surface area contributed by atoms with Gasteiger partial charge in [0.2, 0.25) is 0 Å². The molecule has 0 spiro atoms. The largest absolute Gasteiger partial charge is 0.481 e. The second-order valence-corrected chi connectivity index (χ2v) is 5.59. The summed E-state index contributed by atoms with van der Waals surface area (Å²) < 4.78 is 5.57. The first-order valence-corrected chi connectivity index (χ1v) is 7.05. The zero-order valence-electron chi connectivity index (χ0n) is 12.6. The van der Waals surface area contributed by atoms with Crippen LogP contribution in [0.15, 0.2) is 18.2 Å². The van der Waals surface area contributed by atoms with Crippen molar-refractivity contribution in [2.75, 3.05) is 0 Å². The monoisotopic (exact) mass is 313 g/mol. The normalized spacial score (nSPS) is 14.9. The predicted octanol–water partition coefficient (Wildman–Crippen LogP) is 2.79. The summed E-state index contributed by atoms with van der Waals surface area (Å²) in [6, 6.07) is 5.08. The van der Waals surface area contributed by atoms with Crippen molar-refractivity contribution in [1.29, 1.82) is 0 Å². The van der Waals surface area contributed by atoms with Crippen molar-refractivity contribution in [2.45, 2.75) is 45.8 Å². The summed E-state index contributed by atoms with van der Waals surface area (Å²) in [4.78, 5) is 23.3. The van der Waals surface area contributed by atoms with Crippen molar-refractivity contribution in [3.8, 4) is 5.75 Å². The molecule has 2 unspecified atom stereocenters. The van der Waals surface area contributed by atoms with Crippen molar-refractivity contribution < 1.29 is 19.4 Å². The van der Waals surface area contributed by atoms with Gasteiger partial charge in [-0.1, -0.05) is 18.5 Å². The van der Waals surface area contributed by atoms with Crippen molar-refractivity contribution in [2.24, 2.45) is 0 Å². The Labute approximate surface area is 129 Å². The van der Waals surface area contributed by atoms with Gasteiger partial charge in [-0.25, -0.2) is 4.79 Å². The number of carbonyl (C=O) groups excluding carboxylic acids is 1. The number of halogens is 1. The molecule has 0 aromatic heterocycles. The lowest BCUT2D eigenvalue weighted by molar-refractivity contribution is -0.148. The molecule has 0 fully saturated rings. The summed E-state index contributed by atoms with van der Waals surface area (Å²) in [5, 5.41) is 12.2. The summed E-state index contributed by atoms with van der Waals surface area (Å²) in [6.07, 6.45) is -0.532. The Morgan fingerprint density at radius 2 is 2.10 bits per heavy atom. The van der Waals surface area contributed by atoms with E-state index in [0.717, 1.165) is 5.56 Å². The Bertz CT molecular complexity index is 546. The Morgan fingerprint density at radius 1 is 1.48 bits per heavy atom. The minimum Gasteiger partial charge on any atom is -0.481 e. The SMILES string of the molecule is CCC(C)(NC(=O)C(C)Oc1ccc(Cl)cc1C)C(=O)O. The highest BCUT2D eigenvalue weighted by Crippen LogP contribution is 2.23. The Morgan fingerprint density at radius 3 is 2.57 bits per heavy atom. The van der Waals surface area contributed by atoms with Gasteiger partial charge >= 0.3 is 5.97 Å². The summed E-state index contributed by atoms with van der Waals surface area (Å²) in [5.74, 6) is -1.01. The number of benzene rings is 1. The van der Waals surface area contributed by atoms with Crippen LogP contribution in [0.25, 0.3) is 0 Å². The third-order valence-corrected chi connectivity index (χ3v) is 3.62. The molecule has 0 radical (unpaired) electrons. The maximum atomic E-state index is 12.1. The van der Waals surface area contributed by atoms with Crippen LogP contribution in [0, 0.1) is 6.92 Å². The number of rotatable bonds is 6. The second kappa shape index (κ2) is 6.80. The van der Waals surface area contributed by atoms with Gasteiger partial charge in [-0.15, -0.1) is 0 Å². The zero-order valence-corrected chi connectivity index (χ0v) is 13.3. The fourth-order valence-corrected chi connectivity index (χ4v) is 1.88. The maximum Gasteiger partial charge on any atom is 0.329 e. The van der Waals surface area contributed by atoms with Crippen LogP contribution in [0.3, 0.4) is 0 Å². The number of ether oxygens (including phenoxy) is 1. The van der Waals surface area contributed by atoms with Crippen LogP contribution < -0.4 is 10.1 Å². The van der Waals surface area contributed by atoms with E-state index in [1.54, 1.807) is 32.0 Å². The minimum atomic E-state index is -1.30. The number of hydrogen-bond acceptors (Lipinski definition) is 3. The standard InChI is InChI=1S/C15H20ClNO4/c1-5-15(4,14(19)20)17-13(18)10(3)21-12-7-6-11(16)8-9(12)2/h6-8,10H,5H2,1-4H3,(H,17,18)(H,19,20). The molecule has 2 atom stereocenters. The van der Waals surface area contributed by atoms with E-state index in [4.69, 9.17) is 21.4 Å². The summed E-state index contributed by atoms with van der Waals surface area (Å²) in [6.45, 7) is 6.55. The number of nitrogens with one attached hydrogen (secondary N) is 1. The summed E-state index contributed by atoms with van der Waals surface area (Å²) >= 11 is 5.86. The van der Waals surface area contributed by atoms with E-state index in [-0.39, 0.29) is 6.42 Å². The molecule has 0 saturated heterocycles. The third-order valence-electron chi connectivity index (χ3n) is 3.39. The Kier molecular flexibility index (Phi) is 5.61. The molecule has 21 heavy (non-hydrogen) atoms. The van der Waals surface area contributed by atoms with Crippen LogP contribution in [0.4, 0.5) is 0 Å². The van der Waals surface area contributed by atoms with Gasteiger partial charge in [0.15, 0.2) is 6.10 Å². The number of hydrogen-bond donors (Lipinski definition) is 2. The van der Waals surface area contributed by atoms with Gasteiger partial charge in [0.1, 0.15) is 11.3 Å². The van der Waals surface area contributed by atoms with Crippen molar-refractivity contribution in [1.82, 2.24) is 5.32 Å². The number of carbonyl (C=O) groups is 2. The van der Waals surface area contributed by atoms with Crippen LogP contribution in [0.1, 0.15) is 32.8 Å². The highest BCUT2D eigenvalue weighted by atomic mass is 35.5. The summed E-state index contributed by atoms with van der Waals surface area (Å²) in [7, 11) is 0. The number of amides is 1. The average Bonchev–Trinajstić information content (AvgIpc) is 2.41. The molecule has 116 valence electrons. The molecule has 0 aliphatic heterocycles. The van der Waals surface area contributed by atoms with Crippen LogP contribution in [-0.4, -0.2) is 28.6 Å². The molecule has 0 aliphatic rings. The first kappa shape index (κ1) is 17.3. The molecule has 5 nitrogen and oxygen atoms in total. The second-order valence-electron chi connectivity index (χ2n) is 5.15. The molecule has 0 heterocycles. The van der Waals surface area contributed by atoms with Crippen molar-refractivity contribution in [3.05, 3.63) is 28.8 Å². The maximum absolute atomic E-state index is 12.1. The first-order valence-electron chi connectivity index (χ1n) is 6.68. The first-order chi connectivity index (χ1) is 9.69. The topological polar surface area (TPSA) is 75.6 Å². The third kappa shape index (κ3) is 4.36. The van der Waals surface area contributed by atoms with E-state index in [1.807, 2.05) is 6.92 Å². The van der Waals surface area contributed by atoms with Crippen LogP contribution in [-0.2, 0) is 9.59 Å². The van der Waals surface area contributed by atoms with Gasteiger partial charge in [-0.3, -0.25) is 4.79 Å². The number of carboxylic acid groups (broad SMARTS) is 1. The van der Waals surface area contributed by atoms with E-state index in [9.17, 15) is 9.59 Å². The van der Waals surface area contributed by atoms with E-state index in [2.05, 4.69) is 5.32 Å². The molecule has 1 aromatic rings. The smallest absolute Gasteiger partial charge is 0.329 e. The van der Waals surface area contributed by atoms with Crippen LogP contribution in [0.2, 0.25) is 5.02 Å². The van der Waals surface area contributed by atoms with Gasteiger partial charge in [0.05, 0.1) is 0 Å². The molecule has 1 rings (SSSR count). The number of carboxylic acids is 1. The van der Waals surface area contributed by atoms with E-state index >= 15 is 0 Å². The van der Waals surface area contributed by atoms with Crippen LogP contribution >= 0.6 is 11.6 Å². The lowest BCUT2D eigenvalue weighted by Gasteiger charge is -2.26. The van der Waals surface area contributed by atoms with Gasteiger partial charge in [-0.05, 0) is 51.0 Å². The fourth-order valence-electron chi connectivity index (χ4n) is 1.66. The molecular formula is C15H20ClNO4. The lowest BCUT2D eigenvalue weighted by atomic mass is 9.99. The van der Waals surface area contributed by atoms with Crippen molar-refractivity contribution in [3.63, 3.8) is 0 Å². The van der Waals surface area contributed by atoms with Gasteiger partial charge in [0, 0.05) is 5.02 Å². The number of aliphatic carboxylic acids is 1. The Balaban J connectivity index is 2.77. The molecule has 1 aromatic carbocycles. The Hall–Kier alpha value is -1.75. The van der Waals surface area contributed by atoms with Crippen LogP contribution in [0.5, 0.6) is 5.75 Å². The molecule has 0 saturated carbocycles. The molecule has 2 N–H and O–H groups in total. The van der Waals surface area contributed by atoms with Crippen molar-refractivity contribution >= 4 is 23.5 Å². The lowest BCUT2D eigenvalue weighted by Crippen LogP contribution is -2.54. The van der Waals surface area contributed by atoms with E-state index in [0.29, 0.717) is 10.8 Å². The molecule has 0 bridgehead atoms. The van der Waals surface area contributed by atoms with Gasteiger partial charge in [0.25, 0.3) is 5.91 Å². The molecule has 0 aliphatic carbocycles. The predicted molar refractivity (Wildman–Crippen MR) is 80.8 cm³/mol. The van der Waals surface area contributed by atoms with Gasteiger partial charge < -0.3 is 15.2 Å². The highest BCUT2D eigenvalue weighted by Gasteiger charge is 2.34.